The molecule has 2 fully saturated rings. The molecule has 1 N–H and O–H groups in total. The second kappa shape index (κ2) is 5.76. The normalized spacial score (nSPS) is 27.4. The van der Waals surface area contributed by atoms with Gasteiger partial charge in [-0.2, -0.15) is 0 Å². The van der Waals surface area contributed by atoms with Gasteiger partial charge in [-0.15, -0.1) is 0 Å². The van der Waals surface area contributed by atoms with Crippen molar-refractivity contribution in [3.05, 3.63) is 35.9 Å². The molecule has 1 amide bonds. The van der Waals surface area contributed by atoms with E-state index >= 15 is 0 Å². The number of aliphatic carboxylic acids is 1. The zero-order valence-corrected chi connectivity index (χ0v) is 11.8. The Kier molecular flexibility index (Phi) is 3.82. The molecule has 1 heterocycles. The molecule has 1 aromatic rings. The molecule has 1 aliphatic heterocycles. The van der Waals surface area contributed by atoms with Gasteiger partial charge in [-0.1, -0.05) is 30.3 Å². The van der Waals surface area contributed by atoms with E-state index in [-0.39, 0.29) is 30.5 Å². The SMILES string of the molecule is O=C(O)[C@H]1[C@@H]2CCN(C(=O)OCc3ccccc3)CC[C@@H]21. The van der Waals surface area contributed by atoms with Crippen LogP contribution in [0.4, 0.5) is 4.79 Å². The maximum Gasteiger partial charge on any atom is 0.410 e. The van der Waals surface area contributed by atoms with Crippen LogP contribution in [0.15, 0.2) is 30.3 Å². The molecule has 1 aromatic carbocycles. The van der Waals surface area contributed by atoms with Crippen molar-refractivity contribution in [2.24, 2.45) is 17.8 Å². The van der Waals surface area contributed by atoms with E-state index in [4.69, 9.17) is 9.84 Å². The van der Waals surface area contributed by atoms with Gasteiger partial charge in [0.05, 0.1) is 5.92 Å². The van der Waals surface area contributed by atoms with E-state index in [1.807, 2.05) is 30.3 Å². The van der Waals surface area contributed by atoms with Crippen LogP contribution in [0.3, 0.4) is 0 Å². The fraction of sp³-hybridized carbons (Fsp3) is 0.500. The summed E-state index contributed by atoms with van der Waals surface area (Å²) in [5, 5.41) is 9.06. The van der Waals surface area contributed by atoms with Crippen LogP contribution in [-0.4, -0.2) is 35.2 Å². The van der Waals surface area contributed by atoms with Crippen LogP contribution < -0.4 is 0 Å². The standard InChI is InChI=1S/C16H19NO4/c18-15(19)14-12-6-8-17(9-7-13(12)14)16(20)21-10-11-4-2-1-3-5-11/h1-5,12-14H,6-10H2,(H,18,19)/t12-,13+,14+. The van der Waals surface area contributed by atoms with Gasteiger partial charge in [-0.05, 0) is 30.2 Å². The van der Waals surface area contributed by atoms with Crippen molar-refractivity contribution in [1.29, 1.82) is 0 Å². The lowest BCUT2D eigenvalue weighted by Gasteiger charge is -2.20. The number of ether oxygens (including phenoxy) is 1. The van der Waals surface area contributed by atoms with Crippen molar-refractivity contribution in [2.75, 3.05) is 13.1 Å². The average molecular weight is 289 g/mol. The molecule has 112 valence electrons. The highest BCUT2D eigenvalue weighted by Crippen LogP contribution is 2.52. The van der Waals surface area contributed by atoms with Gasteiger partial charge in [0.1, 0.15) is 6.61 Å². The number of nitrogens with zero attached hydrogens (tertiary/aromatic N) is 1. The van der Waals surface area contributed by atoms with Crippen LogP contribution in [-0.2, 0) is 16.1 Å². The number of carboxylic acids is 1. The molecule has 1 aliphatic carbocycles. The largest absolute Gasteiger partial charge is 0.481 e. The Hall–Kier alpha value is -2.04. The summed E-state index contributed by atoms with van der Waals surface area (Å²) in [6.07, 6.45) is 1.23. The first-order chi connectivity index (χ1) is 10.2. The number of carbonyl (C=O) groups excluding carboxylic acids is 1. The Morgan fingerprint density at radius 3 is 2.33 bits per heavy atom. The molecule has 2 aliphatic rings. The smallest absolute Gasteiger partial charge is 0.410 e. The summed E-state index contributed by atoms with van der Waals surface area (Å²) < 4.78 is 5.32. The van der Waals surface area contributed by atoms with E-state index in [2.05, 4.69) is 0 Å². The summed E-state index contributed by atoms with van der Waals surface area (Å²) in [4.78, 5) is 24.8. The quantitative estimate of drug-likeness (QED) is 0.927. The van der Waals surface area contributed by atoms with Gasteiger partial charge >= 0.3 is 12.1 Å². The minimum absolute atomic E-state index is 0.188. The predicted octanol–water partition coefficient (Wildman–Crippen LogP) is 2.37. The predicted molar refractivity (Wildman–Crippen MR) is 75.5 cm³/mol. The van der Waals surface area contributed by atoms with Crippen molar-refractivity contribution in [2.45, 2.75) is 19.4 Å². The van der Waals surface area contributed by atoms with Gasteiger partial charge < -0.3 is 14.7 Å². The summed E-state index contributed by atoms with van der Waals surface area (Å²) in [6, 6.07) is 9.58. The van der Waals surface area contributed by atoms with Gasteiger partial charge in [0.25, 0.3) is 0 Å². The molecule has 1 saturated carbocycles. The third-order valence-corrected chi connectivity index (χ3v) is 4.54. The van der Waals surface area contributed by atoms with Gasteiger partial charge in [-0.25, -0.2) is 4.79 Å². The summed E-state index contributed by atoms with van der Waals surface area (Å²) in [7, 11) is 0. The number of carbonyl (C=O) groups is 2. The Labute approximate surface area is 123 Å². The highest BCUT2D eigenvalue weighted by atomic mass is 16.6. The molecule has 3 rings (SSSR count). The Balaban J connectivity index is 1.48. The minimum atomic E-state index is -0.690. The molecule has 0 radical (unpaired) electrons. The maximum atomic E-state index is 12.0. The fourth-order valence-electron chi connectivity index (χ4n) is 3.31. The Bertz CT molecular complexity index is 516. The molecule has 0 spiro atoms. The van der Waals surface area contributed by atoms with Crippen LogP contribution in [0, 0.1) is 17.8 Å². The molecule has 5 heteroatoms. The minimum Gasteiger partial charge on any atom is -0.481 e. The lowest BCUT2D eigenvalue weighted by molar-refractivity contribution is -0.139. The zero-order chi connectivity index (χ0) is 14.8. The van der Waals surface area contributed by atoms with Crippen LogP contribution >= 0.6 is 0 Å². The van der Waals surface area contributed by atoms with Crippen LogP contribution in [0.1, 0.15) is 18.4 Å². The number of hydrogen-bond acceptors (Lipinski definition) is 3. The van der Waals surface area contributed by atoms with E-state index in [9.17, 15) is 9.59 Å². The number of amides is 1. The van der Waals surface area contributed by atoms with Gasteiger partial charge in [0.15, 0.2) is 0 Å². The zero-order valence-electron chi connectivity index (χ0n) is 11.8. The van der Waals surface area contributed by atoms with E-state index in [0.29, 0.717) is 13.1 Å². The topological polar surface area (TPSA) is 66.8 Å². The first-order valence-corrected chi connectivity index (χ1v) is 7.35. The Morgan fingerprint density at radius 1 is 1.14 bits per heavy atom. The maximum absolute atomic E-state index is 12.0. The van der Waals surface area contributed by atoms with E-state index in [1.165, 1.54) is 0 Å². The number of likely N-dealkylation sites (tertiary alicyclic amines) is 1. The molecular weight excluding hydrogens is 270 g/mol. The second-order valence-corrected chi connectivity index (χ2v) is 5.80. The summed E-state index contributed by atoms with van der Waals surface area (Å²) in [5.74, 6) is -0.388. The van der Waals surface area contributed by atoms with E-state index < -0.39 is 5.97 Å². The van der Waals surface area contributed by atoms with Crippen molar-refractivity contribution in [3.8, 4) is 0 Å². The second-order valence-electron chi connectivity index (χ2n) is 5.80. The monoisotopic (exact) mass is 289 g/mol. The van der Waals surface area contributed by atoms with E-state index in [1.54, 1.807) is 4.90 Å². The first kappa shape index (κ1) is 13.9. The number of benzene rings is 1. The van der Waals surface area contributed by atoms with Gasteiger partial charge in [0.2, 0.25) is 0 Å². The summed E-state index contributed by atoms with van der Waals surface area (Å²) in [5.41, 5.74) is 0.967. The molecule has 3 atom stereocenters. The lowest BCUT2D eigenvalue weighted by Crippen LogP contribution is -2.33. The fourth-order valence-corrected chi connectivity index (χ4v) is 3.31. The van der Waals surface area contributed by atoms with Crippen molar-refractivity contribution in [1.82, 2.24) is 4.90 Å². The van der Waals surface area contributed by atoms with Gasteiger partial charge in [0, 0.05) is 13.1 Å². The summed E-state index contributed by atoms with van der Waals surface area (Å²) >= 11 is 0. The highest BCUT2D eigenvalue weighted by Gasteiger charge is 2.55. The number of fused-ring (bicyclic) bond motifs is 1. The summed E-state index contributed by atoms with van der Waals surface area (Å²) in [6.45, 7) is 1.47. The van der Waals surface area contributed by atoms with Gasteiger partial charge in [-0.3, -0.25) is 4.79 Å². The number of rotatable bonds is 3. The first-order valence-electron chi connectivity index (χ1n) is 7.35. The van der Waals surface area contributed by atoms with Crippen molar-refractivity contribution >= 4 is 12.1 Å². The van der Waals surface area contributed by atoms with Crippen LogP contribution in [0.5, 0.6) is 0 Å². The third kappa shape index (κ3) is 3.01. The lowest BCUT2D eigenvalue weighted by atomic mass is 10.2. The van der Waals surface area contributed by atoms with Crippen molar-refractivity contribution in [3.63, 3.8) is 0 Å². The van der Waals surface area contributed by atoms with Crippen LogP contribution in [0.2, 0.25) is 0 Å². The number of hydrogen-bond donors (Lipinski definition) is 1. The number of carboxylic acid groups (broad SMARTS) is 1. The highest BCUT2D eigenvalue weighted by molar-refractivity contribution is 5.74. The Morgan fingerprint density at radius 2 is 1.76 bits per heavy atom. The molecule has 0 aromatic heterocycles. The molecule has 1 saturated heterocycles. The molecule has 5 nitrogen and oxygen atoms in total. The molecule has 0 unspecified atom stereocenters. The van der Waals surface area contributed by atoms with E-state index in [0.717, 1.165) is 18.4 Å². The molecular formula is C16H19NO4. The molecule has 0 bridgehead atoms. The molecule has 21 heavy (non-hydrogen) atoms. The third-order valence-electron chi connectivity index (χ3n) is 4.54. The van der Waals surface area contributed by atoms with Crippen LogP contribution in [0.25, 0.3) is 0 Å². The van der Waals surface area contributed by atoms with Crippen molar-refractivity contribution < 1.29 is 19.4 Å². The average Bonchev–Trinajstić information content (AvgIpc) is 3.21.